The highest BCUT2D eigenvalue weighted by atomic mass is 32.2. The van der Waals surface area contributed by atoms with Gasteiger partial charge in [-0.2, -0.15) is 8.78 Å². The number of amidine groups is 1. The van der Waals surface area contributed by atoms with Gasteiger partial charge in [0.1, 0.15) is 5.25 Å². The lowest BCUT2D eigenvalue weighted by Gasteiger charge is -2.08. The molecule has 0 bridgehead atoms. The van der Waals surface area contributed by atoms with E-state index in [1.165, 1.54) is 23.9 Å². The van der Waals surface area contributed by atoms with E-state index in [-0.39, 0.29) is 18.2 Å². The van der Waals surface area contributed by atoms with Crippen molar-refractivity contribution in [2.75, 3.05) is 11.9 Å². The molecule has 1 saturated heterocycles. The van der Waals surface area contributed by atoms with E-state index in [2.05, 4.69) is 29.5 Å². The Morgan fingerprint density at radius 3 is 2.65 bits per heavy atom. The van der Waals surface area contributed by atoms with Gasteiger partial charge in [0.25, 0.3) is 5.76 Å². The van der Waals surface area contributed by atoms with Crippen LogP contribution < -0.4 is 10.6 Å². The molecule has 1 heterocycles. The van der Waals surface area contributed by atoms with Crippen LogP contribution in [-0.2, 0) is 9.59 Å². The number of benzene rings is 1. The zero-order valence-electron chi connectivity index (χ0n) is 14.5. The molecule has 0 spiro atoms. The fourth-order valence-corrected chi connectivity index (χ4v) is 3.63. The van der Waals surface area contributed by atoms with Gasteiger partial charge in [-0.15, -0.1) is 0 Å². The summed E-state index contributed by atoms with van der Waals surface area (Å²) in [6.07, 6.45) is 0.957. The van der Waals surface area contributed by atoms with Gasteiger partial charge in [-0.1, -0.05) is 37.4 Å². The van der Waals surface area contributed by atoms with E-state index in [1.54, 1.807) is 12.1 Å². The molecule has 0 saturated carbocycles. The molecule has 1 aromatic rings. The lowest BCUT2D eigenvalue weighted by molar-refractivity contribution is -0.122. The first kappa shape index (κ1) is 20.7. The molecule has 5 nitrogen and oxygen atoms in total. The highest BCUT2D eigenvalue weighted by molar-refractivity contribution is 8.15. The average molecular weight is 402 g/mol. The molecule has 2 amide bonds. The van der Waals surface area contributed by atoms with Crippen molar-refractivity contribution in [3.63, 3.8) is 0 Å². The first-order chi connectivity index (χ1) is 12.3. The molecule has 9 heteroatoms. The molecule has 142 valence electrons. The van der Waals surface area contributed by atoms with Crippen molar-refractivity contribution >= 4 is 46.2 Å². The van der Waals surface area contributed by atoms with Crippen LogP contribution >= 0.6 is 23.5 Å². The molecular weight excluding hydrogens is 380 g/mol. The number of carbonyl (C=O) groups excluding carboxylic acids is 2. The molecule has 1 aliphatic heterocycles. The Hall–Kier alpha value is -1.61. The Morgan fingerprint density at radius 2 is 2.04 bits per heavy atom. The summed E-state index contributed by atoms with van der Waals surface area (Å²) in [4.78, 5) is 28.8. The summed E-state index contributed by atoms with van der Waals surface area (Å²) in [5.74, 6) is -2.48. The van der Waals surface area contributed by atoms with E-state index in [0.29, 0.717) is 40.0 Å². The van der Waals surface area contributed by atoms with Crippen LogP contribution in [0.1, 0.15) is 26.7 Å². The van der Waals surface area contributed by atoms with Crippen molar-refractivity contribution in [2.45, 2.75) is 42.6 Å². The van der Waals surface area contributed by atoms with Crippen LogP contribution in [-0.4, -0.2) is 34.5 Å². The number of thioether (sulfide) groups is 2. The molecule has 2 rings (SSSR count). The average Bonchev–Trinajstić information content (AvgIpc) is 2.88. The van der Waals surface area contributed by atoms with Crippen molar-refractivity contribution in [3.05, 3.63) is 24.3 Å². The van der Waals surface area contributed by atoms with Gasteiger partial charge in [-0.25, -0.2) is 0 Å². The minimum atomic E-state index is -2.48. The van der Waals surface area contributed by atoms with Gasteiger partial charge >= 0.3 is 0 Å². The number of nitrogens with zero attached hydrogens (tertiary/aromatic N) is 1. The number of anilines is 1. The first-order valence-electron chi connectivity index (χ1n) is 8.20. The third-order valence-electron chi connectivity index (χ3n) is 3.47. The van der Waals surface area contributed by atoms with E-state index >= 15 is 0 Å². The maximum atomic E-state index is 12.3. The lowest BCUT2D eigenvalue weighted by atomic mass is 10.1. The number of halogens is 2. The van der Waals surface area contributed by atoms with Gasteiger partial charge in [0.2, 0.25) is 11.8 Å². The number of hydrogen-bond donors (Lipinski definition) is 2. The second-order valence-electron chi connectivity index (χ2n) is 6.12. The van der Waals surface area contributed by atoms with E-state index in [1.807, 2.05) is 0 Å². The molecular formula is C17H21F2N3O2S2. The summed E-state index contributed by atoms with van der Waals surface area (Å²) >= 11 is 1.71. The van der Waals surface area contributed by atoms with Crippen LogP contribution in [0.2, 0.25) is 0 Å². The van der Waals surface area contributed by atoms with Gasteiger partial charge in [0.15, 0.2) is 5.17 Å². The lowest BCUT2D eigenvalue weighted by Crippen LogP contribution is -2.28. The highest BCUT2D eigenvalue weighted by Gasteiger charge is 2.31. The standard InChI is InChI=1S/C17H21F2N3O2S2/c1-10(2)7-8-20-17-22-15(24)13(26-17)9-14(23)21-11-3-5-12(6-4-11)25-16(18)19/h3-6,10,13,16H,7-9H2,1-2H3,(H,21,23)(H,20,22,24)/t13-/m0/s1. The van der Waals surface area contributed by atoms with Crippen molar-refractivity contribution in [1.29, 1.82) is 0 Å². The first-order valence-corrected chi connectivity index (χ1v) is 9.96. The predicted molar refractivity (Wildman–Crippen MR) is 103 cm³/mol. The molecule has 1 atom stereocenters. The highest BCUT2D eigenvalue weighted by Crippen LogP contribution is 2.27. The number of rotatable bonds is 8. The van der Waals surface area contributed by atoms with Crippen LogP contribution in [0.3, 0.4) is 0 Å². The predicted octanol–water partition coefficient (Wildman–Crippen LogP) is 3.96. The molecule has 0 aliphatic carbocycles. The van der Waals surface area contributed by atoms with Crippen LogP contribution in [0.15, 0.2) is 34.2 Å². The number of carbonyl (C=O) groups is 2. The molecule has 26 heavy (non-hydrogen) atoms. The number of hydrogen-bond acceptors (Lipinski definition) is 5. The fraction of sp³-hybridized carbons (Fsp3) is 0.471. The SMILES string of the molecule is CC(C)CCN=C1NC(=O)[C@H](CC(=O)Nc2ccc(SC(F)F)cc2)S1. The smallest absolute Gasteiger partial charge is 0.288 e. The Morgan fingerprint density at radius 1 is 1.35 bits per heavy atom. The van der Waals surface area contributed by atoms with Crippen LogP contribution in [0.5, 0.6) is 0 Å². The minimum Gasteiger partial charge on any atom is -0.326 e. The van der Waals surface area contributed by atoms with Gasteiger partial charge in [0.05, 0.1) is 0 Å². The van der Waals surface area contributed by atoms with E-state index in [0.717, 1.165) is 6.42 Å². The topological polar surface area (TPSA) is 70.6 Å². The van der Waals surface area contributed by atoms with Gasteiger partial charge < -0.3 is 10.6 Å². The van der Waals surface area contributed by atoms with Crippen LogP contribution in [0.25, 0.3) is 0 Å². The van der Waals surface area contributed by atoms with E-state index in [4.69, 9.17) is 0 Å². The van der Waals surface area contributed by atoms with Crippen molar-refractivity contribution in [3.8, 4) is 0 Å². The number of aliphatic imine (C=N–C) groups is 1. The summed E-state index contributed by atoms with van der Waals surface area (Å²) in [6, 6.07) is 6.15. The molecule has 1 aliphatic rings. The molecule has 0 unspecified atom stereocenters. The molecule has 0 aromatic heterocycles. The summed E-state index contributed by atoms with van der Waals surface area (Å²) in [7, 11) is 0. The van der Waals surface area contributed by atoms with E-state index < -0.39 is 11.0 Å². The zero-order valence-corrected chi connectivity index (χ0v) is 16.1. The Labute approximate surface area is 159 Å². The Bertz CT molecular complexity index is 666. The fourth-order valence-electron chi connectivity index (χ4n) is 2.14. The maximum absolute atomic E-state index is 12.3. The molecule has 1 aromatic carbocycles. The van der Waals surface area contributed by atoms with Gasteiger partial charge in [-0.3, -0.25) is 14.6 Å². The quantitative estimate of drug-likeness (QED) is 0.647. The maximum Gasteiger partial charge on any atom is 0.288 e. The molecule has 1 fully saturated rings. The largest absolute Gasteiger partial charge is 0.326 e. The second kappa shape index (κ2) is 9.91. The molecule has 2 N–H and O–H groups in total. The van der Waals surface area contributed by atoms with Crippen molar-refractivity contribution in [2.24, 2.45) is 10.9 Å². The van der Waals surface area contributed by atoms with Crippen LogP contribution in [0.4, 0.5) is 14.5 Å². The van der Waals surface area contributed by atoms with E-state index in [9.17, 15) is 18.4 Å². The van der Waals surface area contributed by atoms with Gasteiger partial charge in [0, 0.05) is 23.5 Å². The zero-order chi connectivity index (χ0) is 19.1. The Balaban J connectivity index is 1.83. The normalized spacial score (nSPS) is 18.6. The number of nitrogens with one attached hydrogen (secondary N) is 2. The van der Waals surface area contributed by atoms with Crippen molar-refractivity contribution in [1.82, 2.24) is 5.32 Å². The second-order valence-corrected chi connectivity index (χ2v) is 8.38. The minimum absolute atomic E-state index is 0.0211. The Kier molecular flexibility index (Phi) is 7.89. The summed E-state index contributed by atoms with van der Waals surface area (Å²) in [5.41, 5.74) is 0.503. The summed E-state index contributed by atoms with van der Waals surface area (Å²) in [6.45, 7) is 4.85. The number of alkyl halides is 2. The van der Waals surface area contributed by atoms with Crippen LogP contribution in [0, 0.1) is 5.92 Å². The van der Waals surface area contributed by atoms with Gasteiger partial charge in [-0.05, 0) is 36.6 Å². The third-order valence-corrected chi connectivity index (χ3v) is 5.31. The van der Waals surface area contributed by atoms with Crippen molar-refractivity contribution < 1.29 is 18.4 Å². The number of amides is 2. The third kappa shape index (κ3) is 6.95. The monoisotopic (exact) mass is 401 g/mol. The summed E-state index contributed by atoms with van der Waals surface area (Å²) < 4.78 is 24.6. The molecule has 0 radical (unpaired) electrons. The summed E-state index contributed by atoms with van der Waals surface area (Å²) in [5, 5.41) is 5.41.